The lowest BCUT2D eigenvalue weighted by atomic mass is 9.89. The Bertz CT molecular complexity index is 805. The molecule has 0 aliphatic rings. The highest BCUT2D eigenvalue weighted by atomic mass is 16.6. The summed E-state index contributed by atoms with van der Waals surface area (Å²) in [7, 11) is 0. The monoisotopic (exact) mass is 428 g/mol. The number of aromatic nitrogens is 1. The quantitative estimate of drug-likeness (QED) is 0.540. The molecule has 1 unspecified atom stereocenters. The van der Waals surface area contributed by atoms with Gasteiger partial charge in [-0.05, 0) is 70.0 Å². The second-order valence-corrected chi connectivity index (χ2v) is 8.43. The molecule has 1 aromatic carbocycles. The molecule has 6 heteroatoms. The Labute approximate surface area is 186 Å². The number of hydrogen-bond donors (Lipinski definition) is 1. The smallest absolute Gasteiger partial charge is 0.343 e. The molecule has 0 spiro atoms. The molecule has 2 N–H and O–H groups in total. The first-order chi connectivity index (χ1) is 14.7. The summed E-state index contributed by atoms with van der Waals surface area (Å²) in [5, 5.41) is 0. The number of nitrogens with two attached hydrogens (primary N) is 1. The summed E-state index contributed by atoms with van der Waals surface area (Å²) in [5.41, 5.74) is 6.90. The van der Waals surface area contributed by atoms with Gasteiger partial charge in [0.15, 0.2) is 5.60 Å². The molecule has 170 valence electrons. The van der Waals surface area contributed by atoms with E-state index in [-0.39, 0.29) is 0 Å². The third kappa shape index (κ3) is 7.04. The van der Waals surface area contributed by atoms with Crippen molar-refractivity contribution in [2.24, 2.45) is 5.73 Å². The van der Waals surface area contributed by atoms with Gasteiger partial charge >= 0.3 is 5.97 Å². The lowest BCUT2D eigenvalue weighted by Gasteiger charge is -2.34. The van der Waals surface area contributed by atoms with Crippen molar-refractivity contribution >= 4 is 5.97 Å². The Kier molecular flexibility index (Phi) is 9.01. The topological polar surface area (TPSA) is 83.7 Å². The second-order valence-electron chi connectivity index (χ2n) is 8.43. The average molecular weight is 429 g/mol. The zero-order chi connectivity index (χ0) is 22.9. The first kappa shape index (κ1) is 24.8. The van der Waals surface area contributed by atoms with Crippen LogP contribution in [-0.4, -0.2) is 36.3 Å². The highest BCUT2D eigenvalue weighted by Crippen LogP contribution is 2.33. The van der Waals surface area contributed by atoms with Crippen LogP contribution in [0.2, 0.25) is 0 Å². The third-order valence-electron chi connectivity index (χ3n) is 4.86. The number of carbonyl (C=O) groups is 1. The van der Waals surface area contributed by atoms with Gasteiger partial charge in [-0.3, -0.25) is 4.98 Å². The predicted octanol–water partition coefficient (Wildman–Crippen LogP) is 4.19. The van der Waals surface area contributed by atoms with E-state index in [0.29, 0.717) is 31.7 Å². The second kappa shape index (κ2) is 11.3. The molecule has 0 aliphatic carbocycles. The molecule has 0 saturated carbocycles. The first-order valence-corrected chi connectivity index (χ1v) is 11.0. The van der Waals surface area contributed by atoms with Crippen molar-refractivity contribution in [3.05, 3.63) is 59.4 Å². The Morgan fingerprint density at radius 2 is 1.77 bits per heavy atom. The predicted molar refractivity (Wildman–Crippen MR) is 122 cm³/mol. The van der Waals surface area contributed by atoms with E-state index in [2.05, 4.69) is 18.0 Å². The highest BCUT2D eigenvalue weighted by Gasteiger charge is 2.43. The van der Waals surface area contributed by atoms with Crippen LogP contribution in [-0.2, 0) is 32.7 Å². The van der Waals surface area contributed by atoms with Crippen LogP contribution in [0.1, 0.15) is 57.9 Å². The van der Waals surface area contributed by atoms with E-state index in [9.17, 15) is 4.79 Å². The van der Waals surface area contributed by atoms with Gasteiger partial charge in [-0.25, -0.2) is 4.79 Å². The van der Waals surface area contributed by atoms with Crippen molar-refractivity contribution < 1.29 is 19.0 Å². The van der Waals surface area contributed by atoms with Crippen molar-refractivity contribution in [1.29, 1.82) is 0 Å². The summed E-state index contributed by atoms with van der Waals surface area (Å²) in [4.78, 5) is 17.5. The van der Waals surface area contributed by atoms with Gasteiger partial charge in [0, 0.05) is 31.3 Å². The van der Waals surface area contributed by atoms with Crippen LogP contribution in [0.5, 0.6) is 5.75 Å². The van der Waals surface area contributed by atoms with Gasteiger partial charge in [-0.2, -0.15) is 0 Å². The standard InChI is InChI=1S/C25H36N2O4/c1-6-19-8-11-21(27-18-19)14-17-29-22-12-9-20(10-13-22)25(15-16-26,30-7-2)23(28)31-24(3,4)5/h8-13,18H,6-7,14-17,26H2,1-5H3. The summed E-state index contributed by atoms with van der Waals surface area (Å²) in [5.74, 6) is 0.291. The molecule has 1 heterocycles. The minimum atomic E-state index is -1.24. The van der Waals surface area contributed by atoms with Crippen LogP contribution in [0.15, 0.2) is 42.6 Å². The molecule has 1 atom stereocenters. The summed E-state index contributed by atoms with van der Waals surface area (Å²) in [6.07, 6.45) is 3.94. The van der Waals surface area contributed by atoms with Crippen molar-refractivity contribution in [3.63, 3.8) is 0 Å². The van der Waals surface area contributed by atoms with Crippen molar-refractivity contribution in [1.82, 2.24) is 4.98 Å². The summed E-state index contributed by atoms with van der Waals surface area (Å²) >= 11 is 0. The third-order valence-corrected chi connectivity index (χ3v) is 4.86. The van der Waals surface area contributed by atoms with E-state index in [1.165, 1.54) is 5.56 Å². The molecule has 0 bridgehead atoms. The largest absolute Gasteiger partial charge is 0.493 e. The lowest BCUT2D eigenvalue weighted by molar-refractivity contribution is -0.186. The molecule has 6 nitrogen and oxygen atoms in total. The Hall–Kier alpha value is -2.44. The minimum Gasteiger partial charge on any atom is -0.493 e. The Morgan fingerprint density at radius 1 is 1.06 bits per heavy atom. The van der Waals surface area contributed by atoms with Crippen molar-refractivity contribution in [2.45, 2.75) is 65.1 Å². The van der Waals surface area contributed by atoms with Crippen molar-refractivity contribution in [3.8, 4) is 5.75 Å². The van der Waals surface area contributed by atoms with Crippen LogP contribution in [0, 0.1) is 0 Å². The van der Waals surface area contributed by atoms with Crippen molar-refractivity contribution in [2.75, 3.05) is 19.8 Å². The molecule has 0 fully saturated rings. The van der Waals surface area contributed by atoms with Gasteiger partial charge < -0.3 is 19.9 Å². The molecule has 1 aromatic heterocycles. The summed E-state index contributed by atoms with van der Waals surface area (Å²) in [6.45, 7) is 10.7. The zero-order valence-corrected chi connectivity index (χ0v) is 19.4. The van der Waals surface area contributed by atoms with E-state index in [4.69, 9.17) is 19.9 Å². The zero-order valence-electron chi connectivity index (χ0n) is 19.4. The fourth-order valence-electron chi connectivity index (χ4n) is 3.29. The van der Waals surface area contributed by atoms with Crippen LogP contribution in [0.25, 0.3) is 0 Å². The fourth-order valence-corrected chi connectivity index (χ4v) is 3.29. The molecule has 31 heavy (non-hydrogen) atoms. The van der Waals surface area contributed by atoms with E-state index in [1.54, 1.807) is 0 Å². The number of pyridine rings is 1. The van der Waals surface area contributed by atoms with Crippen LogP contribution < -0.4 is 10.5 Å². The molecule has 0 aliphatic heterocycles. The molecule has 0 saturated heterocycles. The van der Waals surface area contributed by atoms with Gasteiger partial charge in [0.1, 0.15) is 11.4 Å². The Balaban J connectivity index is 2.11. The molecule has 2 rings (SSSR count). The fraction of sp³-hybridized carbons (Fsp3) is 0.520. The van der Waals surface area contributed by atoms with Gasteiger partial charge in [-0.1, -0.05) is 25.1 Å². The maximum absolute atomic E-state index is 13.1. The van der Waals surface area contributed by atoms with Crippen LogP contribution in [0.3, 0.4) is 0 Å². The van der Waals surface area contributed by atoms with Crippen LogP contribution in [0.4, 0.5) is 0 Å². The number of ether oxygens (including phenoxy) is 3. The van der Waals surface area contributed by atoms with Gasteiger partial charge in [0.05, 0.1) is 6.61 Å². The lowest BCUT2D eigenvalue weighted by Crippen LogP contribution is -2.45. The summed E-state index contributed by atoms with van der Waals surface area (Å²) in [6, 6.07) is 11.5. The minimum absolute atomic E-state index is 0.293. The summed E-state index contributed by atoms with van der Waals surface area (Å²) < 4.78 is 17.5. The number of rotatable bonds is 11. The first-order valence-electron chi connectivity index (χ1n) is 11.0. The van der Waals surface area contributed by atoms with Crippen LogP contribution >= 0.6 is 0 Å². The average Bonchev–Trinajstić information content (AvgIpc) is 2.73. The highest BCUT2D eigenvalue weighted by molar-refractivity contribution is 5.82. The molecule has 0 amide bonds. The molecule has 2 aromatic rings. The molecular formula is C25H36N2O4. The normalized spacial score (nSPS) is 13.5. The Morgan fingerprint density at radius 3 is 2.29 bits per heavy atom. The molecule has 0 radical (unpaired) electrons. The van der Waals surface area contributed by atoms with Gasteiger partial charge in [-0.15, -0.1) is 0 Å². The number of aryl methyl sites for hydroxylation is 1. The number of nitrogens with zero attached hydrogens (tertiary/aromatic N) is 1. The van der Waals surface area contributed by atoms with Gasteiger partial charge in [0.2, 0.25) is 0 Å². The molecular weight excluding hydrogens is 392 g/mol. The number of benzene rings is 1. The number of esters is 1. The van der Waals surface area contributed by atoms with Gasteiger partial charge in [0.25, 0.3) is 0 Å². The number of carbonyl (C=O) groups excluding carboxylic acids is 1. The van der Waals surface area contributed by atoms with E-state index < -0.39 is 17.2 Å². The maximum Gasteiger partial charge on any atom is 0.343 e. The SMILES string of the molecule is CCOC(CCN)(C(=O)OC(C)(C)C)c1ccc(OCCc2ccc(CC)cn2)cc1. The maximum atomic E-state index is 13.1. The van der Waals surface area contributed by atoms with E-state index >= 15 is 0 Å². The van der Waals surface area contributed by atoms with E-state index in [0.717, 1.165) is 24.3 Å². The van der Waals surface area contributed by atoms with E-state index in [1.807, 2.05) is 64.2 Å². The number of hydrogen-bond acceptors (Lipinski definition) is 6.